The van der Waals surface area contributed by atoms with E-state index in [0.717, 1.165) is 4.47 Å². The van der Waals surface area contributed by atoms with Crippen molar-refractivity contribution in [1.29, 1.82) is 0 Å². The van der Waals surface area contributed by atoms with Crippen LogP contribution >= 0.6 is 38.9 Å². The lowest BCUT2D eigenvalue weighted by molar-refractivity contribution is 0.630. The second kappa shape index (κ2) is 4.12. The van der Waals surface area contributed by atoms with Gasteiger partial charge in [0.05, 0.1) is 5.38 Å². The number of alkyl halides is 1. The first-order valence-electron chi connectivity index (χ1n) is 3.92. The van der Waals surface area contributed by atoms with E-state index in [-0.39, 0.29) is 5.38 Å². The fourth-order valence-corrected chi connectivity index (χ4v) is 3.42. The highest BCUT2D eigenvalue weighted by atomic mass is 79.9. The maximum Gasteiger partial charge on any atom is 0.0712 e. The summed E-state index contributed by atoms with van der Waals surface area (Å²) < 4.78 is 1.15. The minimum Gasteiger partial charge on any atom is -0.143 e. The molecular weight excluding hydrogens is 256 g/mol. The van der Waals surface area contributed by atoms with Crippen LogP contribution in [0.3, 0.4) is 0 Å². The molecule has 1 heterocycles. The highest BCUT2D eigenvalue weighted by Gasteiger charge is 2.17. The van der Waals surface area contributed by atoms with Gasteiger partial charge < -0.3 is 0 Å². The van der Waals surface area contributed by atoms with Gasteiger partial charge in [0, 0.05) is 14.2 Å². The van der Waals surface area contributed by atoms with Crippen molar-refractivity contribution in [2.75, 3.05) is 0 Å². The van der Waals surface area contributed by atoms with Crippen molar-refractivity contribution in [3.05, 3.63) is 20.3 Å². The van der Waals surface area contributed by atoms with Crippen LogP contribution in [0.4, 0.5) is 0 Å². The van der Waals surface area contributed by atoms with Crippen LogP contribution in [0.15, 0.2) is 10.5 Å². The number of hydrogen-bond acceptors (Lipinski definition) is 1. The van der Waals surface area contributed by atoms with Crippen LogP contribution in [0, 0.1) is 12.8 Å². The summed E-state index contributed by atoms with van der Waals surface area (Å²) in [4.78, 5) is 2.56. The largest absolute Gasteiger partial charge is 0.143 e. The molecule has 1 aromatic heterocycles. The van der Waals surface area contributed by atoms with Crippen LogP contribution in [0.5, 0.6) is 0 Å². The van der Waals surface area contributed by atoms with Crippen molar-refractivity contribution in [1.82, 2.24) is 0 Å². The molecule has 1 unspecified atom stereocenters. The molecule has 0 N–H and O–H groups in total. The monoisotopic (exact) mass is 266 g/mol. The molecule has 0 saturated carbocycles. The Morgan fingerprint density at radius 1 is 1.50 bits per heavy atom. The number of aryl methyl sites for hydroxylation is 1. The standard InChI is InChI=1S/C9H12BrClS/c1-5(2)8(11)9-7(10)4-6(3)12-9/h4-5,8H,1-3H3. The van der Waals surface area contributed by atoms with E-state index < -0.39 is 0 Å². The normalized spacial score (nSPS) is 13.8. The molecule has 0 radical (unpaired) electrons. The Bertz CT molecular complexity index is 267. The molecule has 3 heteroatoms. The summed E-state index contributed by atoms with van der Waals surface area (Å²) in [6.07, 6.45) is 0. The average Bonchev–Trinajstić information content (AvgIpc) is 2.28. The topological polar surface area (TPSA) is 0 Å². The van der Waals surface area contributed by atoms with Gasteiger partial charge in [0.2, 0.25) is 0 Å². The highest BCUT2D eigenvalue weighted by molar-refractivity contribution is 9.10. The smallest absolute Gasteiger partial charge is 0.0712 e. The van der Waals surface area contributed by atoms with Gasteiger partial charge in [0.1, 0.15) is 0 Å². The molecule has 0 aliphatic carbocycles. The highest BCUT2D eigenvalue weighted by Crippen LogP contribution is 2.39. The van der Waals surface area contributed by atoms with E-state index in [1.807, 2.05) is 0 Å². The fraction of sp³-hybridized carbons (Fsp3) is 0.556. The summed E-state index contributed by atoms with van der Waals surface area (Å²) in [6, 6.07) is 2.12. The summed E-state index contributed by atoms with van der Waals surface area (Å²) in [5.74, 6) is 0.487. The molecule has 0 aromatic carbocycles. The molecule has 0 nitrogen and oxygen atoms in total. The van der Waals surface area contributed by atoms with Gasteiger partial charge in [0.25, 0.3) is 0 Å². The third-order valence-electron chi connectivity index (χ3n) is 1.67. The van der Waals surface area contributed by atoms with E-state index in [2.05, 4.69) is 42.8 Å². The average molecular weight is 268 g/mol. The zero-order valence-electron chi connectivity index (χ0n) is 7.40. The molecule has 12 heavy (non-hydrogen) atoms. The van der Waals surface area contributed by atoms with Crippen LogP contribution in [0.1, 0.15) is 29.0 Å². The van der Waals surface area contributed by atoms with Crippen LogP contribution in [0.2, 0.25) is 0 Å². The first-order valence-corrected chi connectivity index (χ1v) is 5.97. The molecule has 0 spiro atoms. The Balaban J connectivity index is 2.94. The van der Waals surface area contributed by atoms with Crippen LogP contribution in [-0.2, 0) is 0 Å². The van der Waals surface area contributed by atoms with Gasteiger partial charge in [-0.1, -0.05) is 13.8 Å². The first-order chi connectivity index (χ1) is 5.52. The number of hydrogen-bond donors (Lipinski definition) is 0. The zero-order valence-corrected chi connectivity index (χ0v) is 10.6. The van der Waals surface area contributed by atoms with Gasteiger partial charge in [-0.05, 0) is 34.8 Å². The molecule has 0 aliphatic rings. The molecule has 0 aliphatic heterocycles. The molecule has 0 saturated heterocycles. The Morgan fingerprint density at radius 2 is 2.08 bits per heavy atom. The molecule has 1 atom stereocenters. The lowest BCUT2D eigenvalue weighted by Crippen LogP contribution is -1.96. The molecule has 0 fully saturated rings. The summed E-state index contributed by atoms with van der Waals surface area (Å²) in [5.41, 5.74) is 0. The van der Waals surface area contributed by atoms with Crippen LogP contribution in [-0.4, -0.2) is 0 Å². The second-order valence-corrected chi connectivity index (χ2v) is 5.83. The van der Waals surface area contributed by atoms with Gasteiger partial charge in [-0.2, -0.15) is 0 Å². The second-order valence-electron chi connectivity index (χ2n) is 3.22. The summed E-state index contributed by atoms with van der Waals surface area (Å²) >= 11 is 11.5. The fourth-order valence-electron chi connectivity index (χ4n) is 0.992. The predicted molar refractivity (Wildman–Crippen MR) is 60.2 cm³/mol. The van der Waals surface area contributed by atoms with Gasteiger partial charge in [-0.25, -0.2) is 0 Å². The quantitative estimate of drug-likeness (QED) is 0.678. The van der Waals surface area contributed by atoms with E-state index in [0.29, 0.717) is 5.92 Å². The molecule has 1 rings (SSSR count). The molecule has 0 amide bonds. The Labute approximate surface area is 91.1 Å². The third-order valence-corrected chi connectivity index (χ3v) is 4.58. The van der Waals surface area contributed by atoms with Gasteiger partial charge in [0.15, 0.2) is 0 Å². The van der Waals surface area contributed by atoms with Crippen molar-refractivity contribution >= 4 is 38.9 Å². The lowest BCUT2D eigenvalue weighted by atomic mass is 10.1. The molecule has 0 bridgehead atoms. The maximum absolute atomic E-state index is 6.24. The van der Waals surface area contributed by atoms with E-state index in [1.165, 1.54) is 9.75 Å². The SMILES string of the molecule is Cc1cc(Br)c(C(Cl)C(C)C)s1. The van der Waals surface area contributed by atoms with Crippen molar-refractivity contribution in [2.45, 2.75) is 26.1 Å². The zero-order chi connectivity index (χ0) is 9.30. The van der Waals surface area contributed by atoms with E-state index in [4.69, 9.17) is 11.6 Å². The maximum atomic E-state index is 6.24. The Kier molecular flexibility index (Phi) is 3.62. The molecule has 68 valence electrons. The van der Waals surface area contributed by atoms with Crippen molar-refractivity contribution in [3.8, 4) is 0 Å². The van der Waals surface area contributed by atoms with Crippen LogP contribution < -0.4 is 0 Å². The van der Waals surface area contributed by atoms with Crippen molar-refractivity contribution in [2.24, 2.45) is 5.92 Å². The van der Waals surface area contributed by atoms with Gasteiger partial charge >= 0.3 is 0 Å². The minimum absolute atomic E-state index is 0.137. The lowest BCUT2D eigenvalue weighted by Gasteiger charge is -2.11. The minimum atomic E-state index is 0.137. The number of rotatable bonds is 2. The first kappa shape index (κ1) is 10.6. The predicted octanol–water partition coefficient (Wildman–Crippen LogP) is 4.75. The molecule has 1 aromatic rings. The third kappa shape index (κ3) is 2.24. The van der Waals surface area contributed by atoms with Crippen molar-refractivity contribution < 1.29 is 0 Å². The van der Waals surface area contributed by atoms with Gasteiger partial charge in [-0.15, -0.1) is 22.9 Å². The van der Waals surface area contributed by atoms with Gasteiger partial charge in [-0.3, -0.25) is 0 Å². The summed E-state index contributed by atoms with van der Waals surface area (Å²) in [5, 5.41) is 0.137. The van der Waals surface area contributed by atoms with E-state index in [1.54, 1.807) is 11.3 Å². The van der Waals surface area contributed by atoms with E-state index >= 15 is 0 Å². The Hall–Kier alpha value is 0.470. The van der Waals surface area contributed by atoms with Crippen LogP contribution in [0.25, 0.3) is 0 Å². The number of halogens is 2. The summed E-state index contributed by atoms with van der Waals surface area (Å²) in [6.45, 7) is 6.38. The Morgan fingerprint density at radius 3 is 2.42 bits per heavy atom. The van der Waals surface area contributed by atoms with Crippen molar-refractivity contribution in [3.63, 3.8) is 0 Å². The number of thiophene rings is 1. The molecular formula is C9H12BrClS. The van der Waals surface area contributed by atoms with E-state index in [9.17, 15) is 0 Å². The summed E-state index contributed by atoms with van der Waals surface area (Å²) in [7, 11) is 0.